The van der Waals surface area contributed by atoms with Crippen molar-refractivity contribution in [3.8, 4) is 0 Å². The molecule has 1 aromatic carbocycles. The van der Waals surface area contributed by atoms with Gasteiger partial charge in [0.2, 0.25) is 0 Å². The van der Waals surface area contributed by atoms with E-state index in [-0.39, 0.29) is 0 Å². The van der Waals surface area contributed by atoms with Crippen molar-refractivity contribution in [1.29, 1.82) is 0 Å². The number of hydrogen-bond acceptors (Lipinski definition) is 1. The van der Waals surface area contributed by atoms with Crippen LogP contribution in [0, 0.1) is 0 Å². The molecule has 16 heavy (non-hydrogen) atoms. The van der Waals surface area contributed by atoms with Crippen LogP contribution in [0.4, 0.5) is 5.69 Å². The smallest absolute Gasteiger partial charge is 0.0648 e. The lowest BCUT2D eigenvalue weighted by Gasteiger charge is -2.09. The highest BCUT2D eigenvalue weighted by Crippen LogP contribution is 2.25. The van der Waals surface area contributed by atoms with Crippen LogP contribution in [0.1, 0.15) is 5.69 Å². The Hall–Kier alpha value is -0.930. The van der Waals surface area contributed by atoms with Gasteiger partial charge >= 0.3 is 0 Å². The van der Waals surface area contributed by atoms with Crippen LogP contribution in [0.15, 0.2) is 41.0 Å². The predicted octanol–water partition coefficient (Wildman–Crippen LogP) is 4.05. The Morgan fingerprint density at radius 1 is 1.38 bits per heavy atom. The zero-order valence-corrected chi connectivity index (χ0v) is 11.2. The minimum Gasteiger partial charge on any atom is -0.378 e. The zero-order valence-electron chi connectivity index (χ0n) is 8.87. The molecule has 1 N–H and O–H groups in total. The molecule has 0 aliphatic rings. The molecule has 0 aliphatic carbocycles. The van der Waals surface area contributed by atoms with Crippen LogP contribution in [0.25, 0.3) is 0 Å². The van der Waals surface area contributed by atoms with Crippen molar-refractivity contribution in [2.45, 2.75) is 6.54 Å². The summed E-state index contributed by atoms with van der Waals surface area (Å²) < 4.78 is 3.07. The second-order valence-electron chi connectivity index (χ2n) is 3.59. The number of hydrogen-bond donors (Lipinski definition) is 1. The minimum atomic E-state index is 0.726. The largest absolute Gasteiger partial charge is 0.378 e. The number of benzene rings is 1. The zero-order chi connectivity index (χ0) is 11.5. The average Bonchev–Trinajstić information content (AvgIpc) is 2.63. The summed E-state index contributed by atoms with van der Waals surface area (Å²) in [7, 11) is 2.03. The van der Waals surface area contributed by atoms with Crippen molar-refractivity contribution < 1.29 is 0 Å². The van der Waals surface area contributed by atoms with Crippen molar-refractivity contribution in [3.63, 3.8) is 0 Å². The Morgan fingerprint density at radius 2 is 2.19 bits per heavy atom. The van der Waals surface area contributed by atoms with Gasteiger partial charge in [0.05, 0.1) is 17.3 Å². The first-order valence-corrected chi connectivity index (χ1v) is 6.13. The van der Waals surface area contributed by atoms with Crippen LogP contribution in [-0.4, -0.2) is 4.57 Å². The quantitative estimate of drug-likeness (QED) is 0.904. The van der Waals surface area contributed by atoms with E-state index >= 15 is 0 Å². The molecule has 0 unspecified atom stereocenters. The molecular formula is C12H12BrClN2. The summed E-state index contributed by atoms with van der Waals surface area (Å²) >= 11 is 9.49. The molecule has 0 fully saturated rings. The summed E-state index contributed by atoms with van der Waals surface area (Å²) in [5.74, 6) is 0. The SMILES string of the molecule is Cn1cccc1CNc1ccc(Br)cc1Cl. The fourth-order valence-corrected chi connectivity index (χ4v) is 2.24. The van der Waals surface area contributed by atoms with Crippen molar-refractivity contribution in [2.75, 3.05) is 5.32 Å². The molecule has 0 radical (unpaired) electrons. The molecule has 2 rings (SSSR count). The molecule has 0 aliphatic heterocycles. The van der Waals surface area contributed by atoms with E-state index in [1.54, 1.807) is 0 Å². The number of rotatable bonds is 3. The summed E-state index contributed by atoms with van der Waals surface area (Å²) in [5.41, 5.74) is 2.17. The first-order chi connectivity index (χ1) is 7.66. The highest BCUT2D eigenvalue weighted by atomic mass is 79.9. The number of nitrogens with one attached hydrogen (secondary N) is 1. The molecular weight excluding hydrogens is 288 g/mol. The number of aromatic nitrogens is 1. The van der Waals surface area contributed by atoms with Gasteiger partial charge in [0.1, 0.15) is 0 Å². The van der Waals surface area contributed by atoms with Crippen LogP contribution < -0.4 is 5.32 Å². The maximum atomic E-state index is 6.11. The van der Waals surface area contributed by atoms with Crippen LogP contribution >= 0.6 is 27.5 Å². The summed E-state index contributed by atoms with van der Waals surface area (Å²) in [6, 6.07) is 9.93. The van der Waals surface area contributed by atoms with Crippen LogP contribution in [0.2, 0.25) is 5.02 Å². The summed E-state index contributed by atoms with van der Waals surface area (Å²) in [6.45, 7) is 0.769. The second kappa shape index (κ2) is 4.93. The number of aryl methyl sites for hydroxylation is 1. The normalized spacial score (nSPS) is 10.4. The number of anilines is 1. The van der Waals surface area contributed by atoms with Gasteiger partial charge in [-0.15, -0.1) is 0 Å². The maximum absolute atomic E-state index is 6.11. The van der Waals surface area contributed by atoms with E-state index < -0.39 is 0 Å². The Morgan fingerprint density at radius 3 is 2.81 bits per heavy atom. The van der Waals surface area contributed by atoms with E-state index in [1.165, 1.54) is 5.69 Å². The van der Waals surface area contributed by atoms with E-state index in [0.717, 1.165) is 21.7 Å². The minimum absolute atomic E-state index is 0.726. The van der Waals surface area contributed by atoms with E-state index in [4.69, 9.17) is 11.6 Å². The average molecular weight is 300 g/mol. The van der Waals surface area contributed by atoms with Gasteiger partial charge in [-0.05, 0) is 30.3 Å². The third-order valence-electron chi connectivity index (χ3n) is 2.44. The van der Waals surface area contributed by atoms with Crippen LogP contribution in [0.5, 0.6) is 0 Å². The van der Waals surface area contributed by atoms with Crippen LogP contribution in [0.3, 0.4) is 0 Å². The maximum Gasteiger partial charge on any atom is 0.0648 e. The van der Waals surface area contributed by atoms with Crippen molar-refractivity contribution in [3.05, 3.63) is 51.7 Å². The Labute approximate surface area is 108 Å². The Balaban J connectivity index is 2.08. The third-order valence-corrected chi connectivity index (χ3v) is 3.25. The number of nitrogens with zero attached hydrogens (tertiary/aromatic N) is 1. The molecule has 0 spiro atoms. The van der Waals surface area contributed by atoms with Gasteiger partial charge in [-0.3, -0.25) is 0 Å². The molecule has 84 valence electrons. The molecule has 4 heteroatoms. The fraction of sp³-hybridized carbons (Fsp3) is 0.167. The lowest BCUT2D eigenvalue weighted by Crippen LogP contribution is -2.04. The van der Waals surface area contributed by atoms with E-state index in [9.17, 15) is 0 Å². The van der Waals surface area contributed by atoms with E-state index in [1.807, 2.05) is 37.5 Å². The lowest BCUT2D eigenvalue weighted by atomic mass is 10.3. The summed E-state index contributed by atoms with van der Waals surface area (Å²) in [4.78, 5) is 0. The molecule has 2 nitrogen and oxygen atoms in total. The lowest BCUT2D eigenvalue weighted by molar-refractivity contribution is 0.842. The first kappa shape index (κ1) is 11.6. The highest BCUT2D eigenvalue weighted by Gasteiger charge is 2.01. The number of halogens is 2. The topological polar surface area (TPSA) is 17.0 Å². The Kier molecular flexibility index (Phi) is 3.56. The fourth-order valence-electron chi connectivity index (χ4n) is 1.50. The molecule has 0 saturated carbocycles. The standard InChI is InChI=1S/C12H12BrClN2/c1-16-6-2-3-10(16)8-15-12-5-4-9(13)7-11(12)14/h2-7,15H,8H2,1H3. The molecule has 1 aromatic heterocycles. The molecule has 0 atom stereocenters. The predicted molar refractivity (Wildman–Crippen MR) is 71.9 cm³/mol. The summed E-state index contributed by atoms with van der Waals surface area (Å²) in [5, 5.41) is 4.04. The molecule has 2 aromatic rings. The molecule has 0 saturated heterocycles. The summed E-state index contributed by atoms with van der Waals surface area (Å²) in [6.07, 6.45) is 2.03. The van der Waals surface area contributed by atoms with E-state index in [2.05, 4.69) is 31.9 Å². The third kappa shape index (κ3) is 2.60. The van der Waals surface area contributed by atoms with Gasteiger partial charge in [-0.1, -0.05) is 27.5 Å². The van der Waals surface area contributed by atoms with Gasteiger partial charge in [-0.2, -0.15) is 0 Å². The Bertz CT molecular complexity index is 494. The van der Waals surface area contributed by atoms with E-state index in [0.29, 0.717) is 0 Å². The van der Waals surface area contributed by atoms with Gasteiger partial charge in [-0.25, -0.2) is 0 Å². The van der Waals surface area contributed by atoms with Gasteiger partial charge in [0.15, 0.2) is 0 Å². The van der Waals surface area contributed by atoms with Gasteiger partial charge in [0.25, 0.3) is 0 Å². The van der Waals surface area contributed by atoms with Crippen molar-refractivity contribution in [1.82, 2.24) is 4.57 Å². The van der Waals surface area contributed by atoms with Gasteiger partial charge in [0, 0.05) is 23.4 Å². The molecule has 1 heterocycles. The first-order valence-electron chi connectivity index (χ1n) is 4.96. The highest BCUT2D eigenvalue weighted by molar-refractivity contribution is 9.10. The van der Waals surface area contributed by atoms with Crippen LogP contribution in [-0.2, 0) is 13.6 Å². The second-order valence-corrected chi connectivity index (χ2v) is 4.91. The molecule has 0 bridgehead atoms. The monoisotopic (exact) mass is 298 g/mol. The molecule has 0 amide bonds. The van der Waals surface area contributed by atoms with Crippen molar-refractivity contribution in [2.24, 2.45) is 7.05 Å². The van der Waals surface area contributed by atoms with Crippen molar-refractivity contribution >= 4 is 33.2 Å². The van der Waals surface area contributed by atoms with Gasteiger partial charge < -0.3 is 9.88 Å².